The number of fused-ring (bicyclic) bond motifs is 4. The molecule has 0 spiro atoms. The molecule has 4 rings (SSSR count). The molecule has 0 radical (unpaired) electrons. The fourth-order valence-electron chi connectivity index (χ4n) is 4.81. The minimum absolute atomic E-state index is 0.0401. The van der Waals surface area contributed by atoms with Gasteiger partial charge in [-0.3, -0.25) is 24.2 Å². The van der Waals surface area contributed by atoms with Crippen LogP contribution < -0.4 is 16.0 Å². The van der Waals surface area contributed by atoms with Gasteiger partial charge in [-0.05, 0) is 43.7 Å². The van der Waals surface area contributed by atoms with Crippen LogP contribution in [0.25, 0.3) is 0 Å². The van der Waals surface area contributed by atoms with E-state index in [4.69, 9.17) is 4.42 Å². The van der Waals surface area contributed by atoms with Gasteiger partial charge < -0.3 is 25.3 Å². The summed E-state index contributed by atoms with van der Waals surface area (Å²) in [6.07, 6.45) is 4.00. The summed E-state index contributed by atoms with van der Waals surface area (Å²) in [7, 11) is 0. The van der Waals surface area contributed by atoms with E-state index in [1.54, 1.807) is 31.6 Å². The molecule has 43 heavy (non-hydrogen) atoms. The fourth-order valence-corrected chi connectivity index (χ4v) is 5.83. The van der Waals surface area contributed by atoms with Crippen LogP contribution in [0.15, 0.2) is 34.3 Å². The summed E-state index contributed by atoms with van der Waals surface area (Å²) in [5, 5.41) is 11.1. The monoisotopic (exact) mass is 609 g/mol. The second-order valence-corrected chi connectivity index (χ2v) is 12.4. The molecule has 3 N–H and O–H groups in total. The minimum atomic E-state index is -0.609. The van der Waals surface area contributed by atoms with Gasteiger partial charge in [-0.2, -0.15) is 0 Å². The summed E-state index contributed by atoms with van der Waals surface area (Å²) in [6, 6.07) is 2.11. The first kappa shape index (κ1) is 31.8. The first-order valence-electron chi connectivity index (χ1n) is 14.4. The topological polar surface area (TPSA) is 159 Å². The molecule has 0 saturated carbocycles. The van der Waals surface area contributed by atoms with Gasteiger partial charge in [-0.25, -0.2) is 9.97 Å². The highest BCUT2D eigenvalue weighted by atomic mass is 32.1. The second-order valence-electron chi connectivity index (χ2n) is 11.5. The van der Waals surface area contributed by atoms with Gasteiger partial charge in [0.25, 0.3) is 11.8 Å². The first-order chi connectivity index (χ1) is 20.4. The summed E-state index contributed by atoms with van der Waals surface area (Å²) in [5.41, 5.74) is 1.20. The predicted octanol–water partition coefficient (Wildman–Crippen LogP) is 3.37. The van der Waals surface area contributed by atoms with Crippen molar-refractivity contribution in [1.29, 1.82) is 0 Å². The van der Waals surface area contributed by atoms with Crippen LogP contribution in [-0.2, 0) is 16.0 Å². The van der Waals surface area contributed by atoms with Crippen LogP contribution in [0.3, 0.4) is 0 Å². The molecular weight excluding hydrogens is 570 g/mol. The lowest BCUT2D eigenvalue weighted by molar-refractivity contribution is -0.136. The summed E-state index contributed by atoms with van der Waals surface area (Å²) in [5.74, 6) is -1.12. The number of rotatable bonds is 5. The molecule has 3 aromatic rings. The van der Waals surface area contributed by atoms with Crippen molar-refractivity contribution in [3.63, 3.8) is 0 Å². The van der Waals surface area contributed by atoms with E-state index in [-0.39, 0.29) is 60.4 Å². The van der Waals surface area contributed by atoms with Crippen molar-refractivity contribution in [2.24, 2.45) is 11.8 Å². The highest BCUT2D eigenvalue weighted by molar-refractivity contribution is 7.09. The van der Waals surface area contributed by atoms with Gasteiger partial charge in [0.15, 0.2) is 5.69 Å². The average molecular weight is 610 g/mol. The van der Waals surface area contributed by atoms with E-state index in [0.29, 0.717) is 17.2 Å². The van der Waals surface area contributed by atoms with Crippen molar-refractivity contribution in [3.8, 4) is 0 Å². The van der Waals surface area contributed by atoms with Crippen molar-refractivity contribution in [3.05, 3.63) is 63.5 Å². The smallest absolute Gasteiger partial charge is 0.273 e. The third kappa shape index (κ3) is 8.04. The number of nitrogens with zero attached hydrogens (tertiary/aromatic N) is 4. The molecule has 1 aliphatic heterocycles. The van der Waals surface area contributed by atoms with Crippen molar-refractivity contribution >= 4 is 35.0 Å². The Hall–Kier alpha value is -4.13. The highest BCUT2D eigenvalue weighted by Gasteiger charge is 2.31. The lowest BCUT2D eigenvalue weighted by Gasteiger charge is -2.28. The van der Waals surface area contributed by atoms with Gasteiger partial charge >= 0.3 is 0 Å². The van der Waals surface area contributed by atoms with Crippen molar-refractivity contribution in [2.45, 2.75) is 72.5 Å². The summed E-state index contributed by atoms with van der Waals surface area (Å²) < 4.78 is 5.86. The fraction of sp³-hybridized carbons (Fsp3) is 0.500. The Balaban J connectivity index is 1.66. The molecule has 230 valence electrons. The third-order valence-electron chi connectivity index (χ3n) is 7.16. The van der Waals surface area contributed by atoms with E-state index in [2.05, 4.69) is 30.9 Å². The van der Waals surface area contributed by atoms with E-state index < -0.39 is 29.9 Å². The summed E-state index contributed by atoms with van der Waals surface area (Å²) in [4.78, 5) is 67.8. The molecule has 3 aromatic heterocycles. The van der Waals surface area contributed by atoms with E-state index in [9.17, 15) is 19.2 Å². The van der Waals surface area contributed by atoms with Gasteiger partial charge in [0.05, 0.1) is 12.6 Å². The zero-order chi connectivity index (χ0) is 31.3. The molecule has 12 nitrogen and oxygen atoms in total. The maximum absolute atomic E-state index is 13.4. The normalized spacial score (nSPS) is 20.3. The zero-order valence-electron chi connectivity index (χ0n) is 25.3. The van der Waals surface area contributed by atoms with Gasteiger partial charge in [0, 0.05) is 36.8 Å². The van der Waals surface area contributed by atoms with Crippen LogP contribution in [-0.4, -0.2) is 62.6 Å². The molecule has 4 amide bonds. The summed E-state index contributed by atoms with van der Waals surface area (Å²) >= 11 is 1.28. The predicted molar refractivity (Wildman–Crippen MR) is 160 cm³/mol. The van der Waals surface area contributed by atoms with Gasteiger partial charge in [-0.15, -0.1) is 11.3 Å². The molecular formula is C30H39N7O5S. The molecule has 13 heteroatoms. The van der Waals surface area contributed by atoms with Crippen LogP contribution in [0.5, 0.6) is 0 Å². The Morgan fingerprint density at radius 1 is 1.07 bits per heavy atom. The lowest BCUT2D eigenvalue weighted by atomic mass is 10.0. The number of carbonyl (C=O) groups is 4. The third-order valence-corrected chi connectivity index (χ3v) is 8.09. The maximum Gasteiger partial charge on any atom is 0.273 e. The molecule has 0 saturated heterocycles. The van der Waals surface area contributed by atoms with E-state index >= 15 is 0 Å². The van der Waals surface area contributed by atoms with Gasteiger partial charge in [0.2, 0.25) is 17.7 Å². The number of nitrogens with one attached hydrogen (secondary N) is 3. The molecule has 0 aliphatic carbocycles. The molecule has 0 aromatic carbocycles. The standard InChI is InChI=1S/C30H39N7O5S/c1-16(2)24-29-36-26(19(6)42-29)28(41)32-18(5)13-37(23(39)10-9-20-8-7-11-31-12-20)14-22(38)34-25(17(3)4)30-33-21(15-43-30)27(40)35-24/h7-8,11-12,15-18,24-25H,9-10,13-14H2,1-6H3,(H,32,41)(H,34,38)(H,35,40)/t18-,24-,25+/m1/s1. The molecule has 4 bridgehead atoms. The minimum Gasteiger partial charge on any atom is -0.443 e. The number of hydrogen-bond acceptors (Lipinski definition) is 9. The molecule has 0 unspecified atom stereocenters. The number of amides is 4. The largest absolute Gasteiger partial charge is 0.443 e. The number of carbonyl (C=O) groups excluding carboxylic acids is 4. The molecule has 3 atom stereocenters. The number of pyridine rings is 1. The van der Waals surface area contributed by atoms with Crippen LogP contribution in [0.4, 0.5) is 0 Å². The lowest BCUT2D eigenvalue weighted by Crippen LogP contribution is -2.48. The average Bonchev–Trinajstić information content (AvgIpc) is 3.59. The number of hydrogen-bond donors (Lipinski definition) is 3. The van der Waals surface area contributed by atoms with E-state index in [0.717, 1.165) is 5.56 Å². The Bertz CT molecular complexity index is 1450. The quantitative estimate of drug-likeness (QED) is 0.397. The SMILES string of the molecule is Cc1oc2nc1C(=O)N[C@H](C)CN(C(=O)CCc1cccnc1)CC(=O)N[C@@H](C(C)C)c1nc(cs1)C(=O)N[C@@H]2C(C)C. The Kier molecular flexibility index (Phi) is 10.3. The Labute approximate surface area is 255 Å². The number of aromatic nitrogens is 3. The van der Waals surface area contributed by atoms with Gasteiger partial charge in [-0.1, -0.05) is 33.8 Å². The highest BCUT2D eigenvalue weighted by Crippen LogP contribution is 2.27. The van der Waals surface area contributed by atoms with E-state index in [1.165, 1.54) is 16.2 Å². The molecule has 1 aliphatic rings. The van der Waals surface area contributed by atoms with Crippen molar-refractivity contribution in [2.75, 3.05) is 13.1 Å². The van der Waals surface area contributed by atoms with Crippen LogP contribution in [0, 0.1) is 18.8 Å². The first-order valence-corrected chi connectivity index (χ1v) is 15.3. The second kappa shape index (κ2) is 13.9. The zero-order valence-corrected chi connectivity index (χ0v) is 26.2. The van der Waals surface area contributed by atoms with E-state index in [1.807, 2.05) is 39.8 Å². The van der Waals surface area contributed by atoms with Crippen LogP contribution in [0.2, 0.25) is 0 Å². The van der Waals surface area contributed by atoms with Gasteiger partial charge in [0.1, 0.15) is 22.5 Å². The van der Waals surface area contributed by atoms with Crippen molar-refractivity contribution < 1.29 is 23.6 Å². The Morgan fingerprint density at radius 2 is 1.81 bits per heavy atom. The number of oxazole rings is 1. The summed E-state index contributed by atoms with van der Waals surface area (Å²) in [6.45, 7) is 11.0. The molecule has 4 heterocycles. The maximum atomic E-state index is 13.4. The molecule has 0 fully saturated rings. The number of aryl methyl sites for hydroxylation is 2. The Morgan fingerprint density at radius 3 is 2.49 bits per heavy atom. The van der Waals surface area contributed by atoms with Crippen LogP contribution in [0.1, 0.15) is 96.3 Å². The number of thiazole rings is 1. The van der Waals surface area contributed by atoms with Crippen LogP contribution >= 0.6 is 11.3 Å². The van der Waals surface area contributed by atoms with Crippen molar-refractivity contribution in [1.82, 2.24) is 35.8 Å².